The zero-order chi connectivity index (χ0) is 18.3. The van der Waals surface area contributed by atoms with E-state index in [2.05, 4.69) is 69.0 Å². The average Bonchev–Trinajstić information content (AvgIpc) is 3.08. The lowest BCUT2D eigenvalue weighted by molar-refractivity contribution is 0.521. The monoisotopic (exact) mass is 378 g/mol. The standard InChI is InChI=1S/C10H15NO.C10H15NS.2CH4/c2*1-7(2)8(3)5-10-6-12-9(4)11-10;;/h2*5-7H,1-4H3;2*1H4/b2*8-5+;;. The molecule has 0 bridgehead atoms. The van der Waals surface area contributed by atoms with Crippen molar-refractivity contribution in [3.63, 3.8) is 0 Å². The highest BCUT2D eigenvalue weighted by atomic mass is 32.1. The molecule has 0 aliphatic heterocycles. The van der Waals surface area contributed by atoms with Gasteiger partial charge in [0.15, 0.2) is 5.89 Å². The molecule has 2 aromatic rings. The number of allylic oxidation sites excluding steroid dienone is 2. The van der Waals surface area contributed by atoms with Crippen LogP contribution in [0.25, 0.3) is 12.2 Å². The number of aromatic nitrogens is 2. The van der Waals surface area contributed by atoms with Crippen molar-refractivity contribution in [2.24, 2.45) is 11.8 Å². The molecule has 0 saturated heterocycles. The lowest BCUT2D eigenvalue weighted by atomic mass is 10.0. The summed E-state index contributed by atoms with van der Waals surface area (Å²) in [5.41, 5.74) is 4.73. The molecule has 0 spiro atoms. The number of aryl methyl sites for hydroxylation is 2. The predicted molar refractivity (Wildman–Crippen MR) is 119 cm³/mol. The van der Waals surface area contributed by atoms with Crippen molar-refractivity contribution < 1.29 is 4.42 Å². The fraction of sp³-hybridized carbons (Fsp3) is 0.545. The molecule has 26 heavy (non-hydrogen) atoms. The third kappa shape index (κ3) is 9.71. The minimum Gasteiger partial charge on any atom is -0.449 e. The SMILES string of the molecule is C.C.C/C(=C\c1coc(C)n1)C(C)C.C/C(=C\c1csc(C)n1)C(C)C. The van der Waals surface area contributed by atoms with Gasteiger partial charge < -0.3 is 4.42 Å². The van der Waals surface area contributed by atoms with Gasteiger partial charge in [-0.05, 0) is 44.8 Å². The summed E-state index contributed by atoms with van der Waals surface area (Å²) in [5.74, 6) is 1.91. The maximum Gasteiger partial charge on any atom is 0.191 e. The first-order chi connectivity index (χ1) is 11.2. The van der Waals surface area contributed by atoms with Crippen LogP contribution in [-0.4, -0.2) is 9.97 Å². The molecule has 4 heteroatoms. The van der Waals surface area contributed by atoms with Gasteiger partial charge >= 0.3 is 0 Å². The van der Waals surface area contributed by atoms with E-state index >= 15 is 0 Å². The molecule has 2 rings (SSSR count). The third-order valence-electron chi connectivity index (χ3n) is 3.85. The molecule has 0 atom stereocenters. The Kier molecular flexibility index (Phi) is 12.9. The van der Waals surface area contributed by atoms with Crippen molar-refractivity contribution in [1.29, 1.82) is 0 Å². The van der Waals surface area contributed by atoms with E-state index in [1.165, 1.54) is 11.1 Å². The Bertz CT molecular complexity index is 630. The second-order valence-corrected chi connectivity index (χ2v) is 7.73. The summed E-state index contributed by atoms with van der Waals surface area (Å²) in [5, 5.41) is 3.24. The molecule has 0 fully saturated rings. The smallest absolute Gasteiger partial charge is 0.191 e. The highest BCUT2D eigenvalue weighted by Gasteiger charge is 2.00. The number of nitrogens with zero attached hydrogens (tertiary/aromatic N) is 2. The molecule has 0 amide bonds. The zero-order valence-electron chi connectivity index (χ0n) is 16.2. The second-order valence-electron chi connectivity index (χ2n) is 6.67. The van der Waals surface area contributed by atoms with E-state index in [1.807, 2.05) is 13.8 Å². The fourth-order valence-corrected chi connectivity index (χ4v) is 2.26. The molecular formula is C22H38N2OS. The first-order valence-electron chi connectivity index (χ1n) is 8.39. The van der Waals surface area contributed by atoms with Crippen molar-refractivity contribution in [2.45, 2.75) is 70.2 Å². The normalized spacial score (nSPS) is 11.6. The van der Waals surface area contributed by atoms with Gasteiger partial charge in [-0.2, -0.15) is 0 Å². The third-order valence-corrected chi connectivity index (χ3v) is 4.64. The van der Waals surface area contributed by atoms with Crippen LogP contribution in [0.5, 0.6) is 0 Å². The van der Waals surface area contributed by atoms with Crippen molar-refractivity contribution >= 4 is 23.5 Å². The van der Waals surface area contributed by atoms with Crippen LogP contribution in [0, 0.1) is 25.7 Å². The average molecular weight is 379 g/mol. The van der Waals surface area contributed by atoms with E-state index < -0.39 is 0 Å². The Morgan fingerprint density at radius 3 is 1.77 bits per heavy atom. The molecule has 3 nitrogen and oxygen atoms in total. The summed E-state index contributed by atoms with van der Waals surface area (Å²) in [6.45, 7) is 16.9. The van der Waals surface area contributed by atoms with Crippen LogP contribution < -0.4 is 0 Å². The first-order valence-corrected chi connectivity index (χ1v) is 9.27. The van der Waals surface area contributed by atoms with Crippen molar-refractivity contribution in [3.8, 4) is 0 Å². The van der Waals surface area contributed by atoms with Gasteiger partial charge in [0.25, 0.3) is 0 Å². The largest absolute Gasteiger partial charge is 0.449 e. The number of hydrogen-bond acceptors (Lipinski definition) is 4. The Labute approximate surface area is 165 Å². The first kappa shape index (κ1) is 26.5. The van der Waals surface area contributed by atoms with Crippen molar-refractivity contribution in [2.75, 3.05) is 0 Å². The quantitative estimate of drug-likeness (QED) is 0.544. The van der Waals surface area contributed by atoms with Crippen LogP contribution >= 0.6 is 11.3 Å². The molecule has 0 aliphatic rings. The van der Waals surface area contributed by atoms with Crippen LogP contribution in [0.15, 0.2) is 27.2 Å². The summed E-state index contributed by atoms with van der Waals surface area (Å²) in [7, 11) is 0. The number of thiazole rings is 1. The van der Waals surface area contributed by atoms with Gasteiger partial charge in [-0.3, -0.25) is 0 Å². The Hall–Kier alpha value is -1.68. The second kappa shape index (κ2) is 12.6. The Morgan fingerprint density at radius 2 is 1.42 bits per heavy atom. The van der Waals surface area contributed by atoms with E-state index in [0.717, 1.165) is 22.3 Å². The van der Waals surface area contributed by atoms with Crippen LogP contribution in [0.4, 0.5) is 0 Å². The van der Waals surface area contributed by atoms with E-state index in [1.54, 1.807) is 17.6 Å². The maximum absolute atomic E-state index is 5.09. The molecular weight excluding hydrogens is 340 g/mol. The predicted octanol–water partition coefficient (Wildman–Crippen LogP) is 7.83. The number of hydrogen-bond donors (Lipinski definition) is 0. The topological polar surface area (TPSA) is 38.9 Å². The van der Waals surface area contributed by atoms with Gasteiger partial charge in [0.05, 0.1) is 10.7 Å². The molecule has 0 saturated carbocycles. The van der Waals surface area contributed by atoms with Gasteiger partial charge in [0, 0.05) is 12.3 Å². The van der Waals surface area contributed by atoms with Crippen LogP contribution in [-0.2, 0) is 0 Å². The summed E-state index contributed by atoms with van der Waals surface area (Å²) >= 11 is 1.70. The van der Waals surface area contributed by atoms with Crippen molar-refractivity contribution in [1.82, 2.24) is 9.97 Å². The minimum atomic E-state index is 0. The molecule has 2 heterocycles. The molecule has 0 aromatic carbocycles. The molecule has 148 valence electrons. The Balaban J connectivity index is 0. The molecule has 0 unspecified atom stereocenters. The van der Waals surface area contributed by atoms with Crippen LogP contribution in [0.3, 0.4) is 0 Å². The summed E-state index contributed by atoms with van der Waals surface area (Å²) in [6, 6.07) is 0. The number of oxazole rings is 1. The summed E-state index contributed by atoms with van der Waals surface area (Å²) < 4.78 is 5.09. The summed E-state index contributed by atoms with van der Waals surface area (Å²) in [4.78, 5) is 8.57. The molecule has 0 radical (unpaired) electrons. The molecule has 0 N–H and O–H groups in total. The van der Waals surface area contributed by atoms with Gasteiger partial charge in [-0.15, -0.1) is 11.3 Å². The van der Waals surface area contributed by atoms with Gasteiger partial charge in [-0.1, -0.05) is 53.7 Å². The maximum atomic E-state index is 5.09. The van der Waals surface area contributed by atoms with E-state index in [-0.39, 0.29) is 14.9 Å². The molecule has 2 aromatic heterocycles. The van der Waals surface area contributed by atoms with Crippen LogP contribution in [0.2, 0.25) is 0 Å². The number of rotatable bonds is 4. The zero-order valence-corrected chi connectivity index (χ0v) is 17.0. The van der Waals surface area contributed by atoms with E-state index in [4.69, 9.17) is 4.42 Å². The van der Waals surface area contributed by atoms with Gasteiger partial charge in [0.1, 0.15) is 12.0 Å². The summed E-state index contributed by atoms with van der Waals surface area (Å²) in [6.07, 6.45) is 5.90. The van der Waals surface area contributed by atoms with Gasteiger partial charge in [0.2, 0.25) is 0 Å². The highest BCUT2D eigenvalue weighted by molar-refractivity contribution is 7.09. The van der Waals surface area contributed by atoms with E-state index in [9.17, 15) is 0 Å². The Morgan fingerprint density at radius 1 is 0.923 bits per heavy atom. The lowest BCUT2D eigenvalue weighted by Crippen LogP contribution is -1.88. The van der Waals surface area contributed by atoms with Gasteiger partial charge in [-0.25, -0.2) is 9.97 Å². The van der Waals surface area contributed by atoms with Crippen molar-refractivity contribution in [3.05, 3.63) is 45.1 Å². The minimum absolute atomic E-state index is 0. The highest BCUT2D eigenvalue weighted by Crippen LogP contribution is 2.15. The van der Waals surface area contributed by atoms with Crippen LogP contribution in [0.1, 0.15) is 78.7 Å². The lowest BCUT2D eigenvalue weighted by Gasteiger charge is -2.02. The molecule has 0 aliphatic carbocycles. The van der Waals surface area contributed by atoms with E-state index in [0.29, 0.717) is 11.8 Å². The fourth-order valence-electron chi connectivity index (χ4n) is 1.69.